The van der Waals surface area contributed by atoms with Crippen LogP contribution in [0.1, 0.15) is 51.9 Å². The van der Waals surface area contributed by atoms with Gasteiger partial charge in [-0.2, -0.15) is 0 Å². The Hall–Kier alpha value is -0.790. The number of hydrogen-bond acceptors (Lipinski definition) is 2. The smallest absolute Gasteiger partial charge is 0.333 e. The van der Waals surface area contributed by atoms with E-state index in [9.17, 15) is 4.79 Å². The first-order chi connectivity index (χ1) is 9.19. The van der Waals surface area contributed by atoms with E-state index in [1.54, 1.807) is 0 Å². The van der Waals surface area contributed by atoms with Gasteiger partial charge in [0.15, 0.2) is 0 Å². The summed E-state index contributed by atoms with van der Waals surface area (Å²) in [5, 5.41) is 0. The number of ether oxygens (including phenoxy) is 1. The summed E-state index contributed by atoms with van der Waals surface area (Å²) < 4.78 is 5.36. The van der Waals surface area contributed by atoms with Gasteiger partial charge in [-0.3, -0.25) is 0 Å². The van der Waals surface area contributed by atoms with Gasteiger partial charge in [0.2, 0.25) is 0 Å². The van der Waals surface area contributed by atoms with Gasteiger partial charge < -0.3 is 4.74 Å². The zero-order valence-corrected chi connectivity index (χ0v) is 12.1. The number of esters is 1. The van der Waals surface area contributed by atoms with Crippen molar-refractivity contribution < 1.29 is 9.53 Å². The molecule has 0 aromatic heterocycles. The maximum absolute atomic E-state index is 12.1. The third-order valence-electron chi connectivity index (χ3n) is 5.62. The van der Waals surface area contributed by atoms with E-state index in [0.717, 1.165) is 42.1 Å². The van der Waals surface area contributed by atoms with Crippen LogP contribution in [0.15, 0.2) is 12.2 Å². The maximum Gasteiger partial charge on any atom is 0.333 e. The third kappa shape index (κ3) is 2.46. The summed E-state index contributed by atoms with van der Waals surface area (Å²) in [4.78, 5) is 12.1. The van der Waals surface area contributed by atoms with Crippen LogP contribution in [-0.2, 0) is 9.53 Å². The van der Waals surface area contributed by atoms with Gasteiger partial charge in [-0.05, 0) is 68.1 Å². The Balaban J connectivity index is 1.62. The van der Waals surface area contributed by atoms with Crippen molar-refractivity contribution in [2.75, 3.05) is 6.61 Å². The summed E-state index contributed by atoms with van der Waals surface area (Å²) >= 11 is 0. The largest absolute Gasteiger partial charge is 0.462 e. The highest BCUT2D eigenvalue weighted by Gasteiger charge is 2.49. The summed E-state index contributed by atoms with van der Waals surface area (Å²) in [6.07, 6.45) is 8.81. The van der Waals surface area contributed by atoms with E-state index in [4.69, 9.17) is 4.74 Å². The van der Waals surface area contributed by atoms with Crippen molar-refractivity contribution in [2.24, 2.45) is 29.6 Å². The SMILES string of the molecule is C=C(C(=O)OCCCC)C1C2CC3CC(C2)CC1C3. The number of rotatable bonds is 5. The fraction of sp³-hybridized carbons (Fsp3) is 0.824. The van der Waals surface area contributed by atoms with Crippen LogP contribution in [0.3, 0.4) is 0 Å². The van der Waals surface area contributed by atoms with Crippen LogP contribution in [0.2, 0.25) is 0 Å². The lowest BCUT2D eigenvalue weighted by atomic mass is 9.50. The van der Waals surface area contributed by atoms with Crippen LogP contribution in [0, 0.1) is 29.6 Å². The molecule has 2 heteroatoms. The minimum Gasteiger partial charge on any atom is -0.462 e. The van der Waals surface area contributed by atoms with Gasteiger partial charge in [0.1, 0.15) is 0 Å². The molecule has 4 aliphatic carbocycles. The second-order valence-corrected chi connectivity index (χ2v) is 6.97. The van der Waals surface area contributed by atoms with E-state index >= 15 is 0 Å². The zero-order chi connectivity index (χ0) is 13.4. The number of carbonyl (C=O) groups excluding carboxylic acids is 1. The van der Waals surface area contributed by atoms with Crippen molar-refractivity contribution in [1.29, 1.82) is 0 Å². The second kappa shape index (κ2) is 5.30. The van der Waals surface area contributed by atoms with Crippen molar-refractivity contribution in [3.8, 4) is 0 Å². The van der Waals surface area contributed by atoms with Crippen LogP contribution >= 0.6 is 0 Å². The van der Waals surface area contributed by atoms with Crippen molar-refractivity contribution >= 4 is 5.97 Å². The zero-order valence-electron chi connectivity index (χ0n) is 12.1. The Morgan fingerprint density at radius 1 is 1.11 bits per heavy atom. The second-order valence-electron chi connectivity index (χ2n) is 6.97. The summed E-state index contributed by atoms with van der Waals surface area (Å²) in [5.74, 6) is 3.66. The molecule has 4 rings (SSSR count). The van der Waals surface area contributed by atoms with E-state index in [0.29, 0.717) is 12.5 Å². The topological polar surface area (TPSA) is 26.3 Å². The standard InChI is InChI=1S/C17H26O2/c1-3-4-5-19-17(18)11(2)16-14-7-12-6-13(9-14)10-15(16)8-12/h12-16H,2-10H2,1H3. The van der Waals surface area contributed by atoms with E-state index in [1.807, 2.05) is 0 Å². The van der Waals surface area contributed by atoms with Crippen molar-refractivity contribution in [3.05, 3.63) is 12.2 Å². The predicted octanol–water partition coefficient (Wildman–Crippen LogP) is 3.96. The van der Waals surface area contributed by atoms with Crippen LogP contribution in [0.25, 0.3) is 0 Å². The summed E-state index contributed by atoms with van der Waals surface area (Å²) in [5.41, 5.74) is 0.782. The Morgan fingerprint density at radius 3 is 2.21 bits per heavy atom. The fourth-order valence-corrected chi connectivity index (χ4v) is 5.03. The highest BCUT2D eigenvalue weighted by molar-refractivity contribution is 5.88. The molecule has 4 fully saturated rings. The molecule has 0 spiro atoms. The third-order valence-corrected chi connectivity index (χ3v) is 5.62. The minimum atomic E-state index is -0.120. The molecule has 0 amide bonds. The summed E-state index contributed by atoms with van der Waals surface area (Å²) in [6, 6.07) is 0. The summed E-state index contributed by atoms with van der Waals surface area (Å²) in [7, 11) is 0. The lowest BCUT2D eigenvalue weighted by Gasteiger charge is -2.54. The van der Waals surface area contributed by atoms with E-state index in [-0.39, 0.29) is 5.97 Å². The molecule has 0 saturated heterocycles. The van der Waals surface area contributed by atoms with Crippen LogP contribution < -0.4 is 0 Å². The molecule has 0 atom stereocenters. The first-order valence-electron chi connectivity index (χ1n) is 8.05. The van der Waals surface area contributed by atoms with Crippen LogP contribution in [-0.4, -0.2) is 12.6 Å². The monoisotopic (exact) mass is 262 g/mol. The maximum atomic E-state index is 12.1. The molecule has 4 bridgehead atoms. The molecule has 0 N–H and O–H groups in total. The summed E-state index contributed by atoms with van der Waals surface area (Å²) in [6.45, 7) is 6.77. The van der Waals surface area contributed by atoms with Gasteiger partial charge >= 0.3 is 5.97 Å². The molecular formula is C17H26O2. The van der Waals surface area contributed by atoms with Crippen LogP contribution in [0.4, 0.5) is 0 Å². The molecule has 0 radical (unpaired) electrons. The van der Waals surface area contributed by atoms with E-state index in [1.165, 1.54) is 32.1 Å². The molecule has 0 aromatic rings. The quantitative estimate of drug-likeness (QED) is 0.426. The Labute approximate surface area is 116 Å². The number of unbranched alkanes of at least 4 members (excludes halogenated alkanes) is 1. The molecule has 0 aliphatic heterocycles. The van der Waals surface area contributed by atoms with E-state index in [2.05, 4.69) is 13.5 Å². The van der Waals surface area contributed by atoms with Gasteiger partial charge in [-0.25, -0.2) is 4.79 Å². The first-order valence-corrected chi connectivity index (χ1v) is 8.05. The number of hydrogen-bond donors (Lipinski definition) is 0. The Morgan fingerprint density at radius 2 is 1.68 bits per heavy atom. The average molecular weight is 262 g/mol. The Bertz CT molecular complexity index is 343. The molecule has 0 aromatic carbocycles. The molecular weight excluding hydrogens is 236 g/mol. The van der Waals surface area contributed by atoms with Crippen molar-refractivity contribution in [2.45, 2.75) is 51.9 Å². The minimum absolute atomic E-state index is 0.120. The average Bonchev–Trinajstić information content (AvgIpc) is 2.37. The number of carbonyl (C=O) groups is 1. The van der Waals surface area contributed by atoms with Gasteiger partial charge in [0, 0.05) is 5.57 Å². The van der Waals surface area contributed by atoms with Crippen LogP contribution in [0.5, 0.6) is 0 Å². The molecule has 106 valence electrons. The molecule has 2 nitrogen and oxygen atoms in total. The van der Waals surface area contributed by atoms with Gasteiger partial charge in [-0.1, -0.05) is 19.9 Å². The molecule has 4 aliphatic rings. The van der Waals surface area contributed by atoms with E-state index < -0.39 is 0 Å². The molecule has 0 unspecified atom stereocenters. The first kappa shape index (κ1) is 13.2. The molecule has 0 heterocycles. The Kier molecular flexibility index (Phi) is 3.68. The lowest BCUT2D eigenvalue weighted by molar-refractivity contribution is -0.141. The fourth-order valence-electron chi connectivity index (χ4n) is 5.03. The normalized spacial score (nSPS) is 39.3. The highest BCUT2D eigenvalue weighted by Crippen LogP contribution is 2.58. The lowest BCUT2D eigenvalue weighted by Crippen LogP contribution is -2.46. The molecule has 19 heavy (non-hydrogen) atoms. The van der Waals surface area contributed by atoms with Crippen molar-refractivity contribution in [1.82, 2.24) is 0 Å². The van der Waals surface area contributed by atoms with Gasteiger partial charge in [0.05, 0.1) is 6.61 Å². The predicted molar refractivity (Wildman–Crippen MR) is 75.5 cm³/mol. The highest BCUT2D eigenvalue weighted by atomic mass is 16.5. The van der Waals surface area contributed by atoms with Crippen molar-refractivity contribution in [3.63, 3.8) is 0 Å². The van der Waals surface area contributed by atoms with Gasteiger partial charge in [0.25, 0.3) is 0 Å². The molecule has 4 saturated carbocycles. The van der Waals surface area contributed by atoms with Gasteiger partial charge in [-0.15, -0.1) is 0 Å².